The van der Waals surface area contributed by atoms with Gasteiger partial charge in [-0.15, -0.1) is 12.5 Å². The van der Waals surface area contributed by atoms with Crippen LogP contribution in [0, 0.1) is 55.3 Å². The van der Waals surface area contributed by atoms with Gasteiger partial charge in [-0.1, -0.05) is 52.0 Å². The quantitative estimate of drug-likeness (QED) is 0.0834. The molecule has 4 heterocycles. The first-order chi connectivity index (χ1) is 30.8. The third kappa shape index (κ3) is 12.7. The Morgan fingerprint density at radius 3 is 2.42 bits per heavy atom. The monoisotopic (exact) mass is 1150 g/mol. The molecule has 2 aliphatic rings. The molecule has 2 N–H and O–H groups in total. The Morgan fingerprint density at radius 1 is 1.09 bits per heavy atom. The fraction of sp³-hybridized carbons (Fsp3) is 0.469. The van der Waals surface area contributed by atoms with Crippen LogP contribution < -0.4 is 5.43 Å². The number of sulfonamides is 1. The van der Waals surface area contributed by atoms with Crippen molar-refractivity contribution in [1.29, 1.82) is 0 Å². The number of hydrogen-bond donors (Lipinski definition) is 1. The molecule has 2 aromatic heterocycles. The summed E-state index contributed by atoms with van der Waals surface area (Å²) in [5, 5.41) is 3.31. The molecule has 66 heavy (non-hydrogen) atoms. The van der Waals surface area contributed by atoms with Gasteiger partial charge in [0.05, 0.1) is 42.0 Å². The summed E-state index contributed by atoms with van der Waals surface area (Å²) < 4.78 is 38.6. The summed E-state index contributed by atoms with van der Waals surface area (Å²) in [7, 11) is -0.329. The van der Waals surface area contributed by atoms with E-state index >= 15 is 0 Å². The number of carbonyl (C=O) groups is 3. The number of amides is 3. The number of aryl methyl sites for hydroxylation is 1. The van der Waals surface area contributed by atoms with E-state index in [1.54, 1.807) is 21.0 Å². The number of rotatable bonds is 17. The molecule has 1 radical (unpaired) electrons. The van der Waals surface area contributed by atoms with Gasteiger partial charge in [0.25, 0.3) is 0 Å². The Balaban J connectivity index is 0.000000365. The van der Waals surface area contributed by atoms with Gasteiger partial charge in [-0.25, -0.2) is 8.42 Å². The van der Waals surface area contributed by atoms with Crippen LogP contribution in [0.3, 0.4) is 0 Å². The predicted molar refractivity (Wildman–Crippen MR) is 253 cm³/mol. The first kappa shape index (κ1) is 54.1. The Hall–Kier alpha value is -4.50. The Bertz CT molecular complexity index is 2470. The average Bonchev–Trinajstić information content (AvgIpc) is 3.91. The molecule has 0 unspecified atom stereocenters. The standard InChI is InChI=1S/C36H42N4O4.C13H23N3O4S.U/c1-7-40-32-16-15-27(26-12-8-11-24(2)19-26)20-29(32)30(34(40)28-13-9-17-37-33(28)25(3)43-6)21-36(4,5)22-44-35(42)31-14-10-18-39(23-41)38-31;1-5-21(19,20)16-7-6-10(8-16)13(18)15(4)11(9(2)3)12(14)17;/h8-9,11-13,15-17,19-20,25,31,38H,2,7,10,14,18,21-22H2,1,3-6H3;5,9-11H,1,6-8H2,2-4H3,(H2,14,17);/q-2;;+3/p-1/t25-,31-;10-,11-;/m00./s1. The maximum Gasteiger partial charge on any atom is 3.00 e. The number of hydrogen-bond acceptors (Lipinski definition) is 10. The van der Waals surface area contributed by atoms with Crippen molar-refractivity contribution in [2.45, 2.75) is 92.0 Å². The van der Waals surface area contributed by atoms with Crippen LogP contribution in [-0.2, 0) is 51.6 Å². The first-order valence-corrected chi connectivity index (χ1v) is 23.6. The summed E-state index contributed by atoms with van der Waals surface area (Å²) in [5.41, 5.74) is 18.3. The molecule has 3 amide bonds. The topological polar surface area (TPSA) is 184 Å². The molecule has 353 valence electrons. The maximum absolute atomic E-state index is 13.0. The minimum atomic E-state index is -3.52. The number of ether oxygens (including phenoxy) is 2. The van der Waals surface area contributed by atoms with Gasteiger partial charge in [0.15, 0.2) is 0 Å². The number of carbonyl (C=O) groups excluding carboxylic acids is 4. The van der Waals surface area contributed by atoms with Crippen LogP contribution in [0.5, 0.6) is 0 Å². The second-order valence-electron chi connectivity index (χ2n) is 17.9. The third-order valence-corrected chi connectivity index (χ3v) is 13.6. The van der Waals surface area contributed by atoms with Gasteiger partial charge in [0.2, 0.25) is 15.9 Å². The number of pyridine rings is 1. The van der Waals surface area contributed by atoms with E-state index in [1.807, 2.05) is 37.7 Å². The molecule has 4 aromatic rings. The molecular formula is C49H64N7O8SU. The molecule has 0 saturated carbocycles. The fourth-order valence-electron chi connectivity index (χ4n) is 8.75. The Morgan fingerprint density at radius 2 is 1.80 bits per heavy atom. The molecule has 0 spiro atoms. The number of aromatic nitrogens is 2. The van der Waals surface area contributed by atoms with E-state index in [2.05, 4.69) is 80.7 Å². The van der Waals surface area contributed by atoms with Crippen LogP contribution in [0.25, 0.3) is 39.0 Å². The molecule has 6 rings (SSSR count). The summed E-state index contributed by atoms with van der Waals surface area (Å²) >= 11 is 0. The first-order valence-electron chi connectivity index (χ1n) is 22.1. The van der Waals surface area contributed by atoms with E-state index in [0.717, 1.165) is 62.9 Å². The molecule has 15 nitrogen and oxygen atoms in total. The SMILES string of the molecule is C=CS(=O)(=O)N1CC[C@H](C(=O)N(C)[C@H](C([NH-])=O)C(C)C)C1.[CH2-]c1cccc(-c2ccc3c(c2)c(CC(C)(C)COC(=O)[C@@H]2CCCN([C-]=O)N2)c(-c2cccnc2[C@H](C)OC)n3CC)c1.[U+3]. The number of esters is 1. The van der Waals surface area contributed by atoms with Crippen molar-refractivity contribution in [2.24, 2.45) is 17.3 Å². The summed E-state index contributed by atoms with van der Waals surface area (Å²) in [4.78, 5) is 53.9. The van der Waals surface area contributed by atoms with Crippen molar-refractivity contribution < 1.29 is 68.2 Å². The number of methoxy groups -OCH3 is 1. The number of fused-ring (bicyclic) bond motifs is 1. The van der Waals surface area contributed by atoms with Gasteiger partial charge < -0.3 is 39.3 Å². The van der Waals surface area contributed by atoms with Crippen LogP contribution in [0.2, 0.25) is 0 Å². The van der Waals surface area contributed by atoms with Crippen molar-refractivity contribution in [2.75, 3.05) is 40.4 Å². The van der Waals surface area contributed by atoms with Gasteiger partial charge in [-0.05, 0) is 80.8 Å². The van der Waals surface area contributed by atoms with Gasteiger partial charge in [-0.3, -0.25) is 20.0 Å². The van der Waals surface area contributed by atoms with E-state index in [0.29, 0.717) is 25.8 Å². The molecule has 17 heteroatoms. The van der Waals surface area contributed by atoms with E-state index in [-0.39, 0.29) is 74.7 Å². The fourth-order valence-corrected chi connectivity index (χ4v) is 9.71. The van der Waals surface area contributed by atoms with Crippen molar-refractivity contribution >= 4 is 45.1 Å². The van der Waals surface area contributed by atoms with Crippen molar-refractivity contribution in [1.82, 2.24) is 29.2 Å². The van der Waals surface area contributed by atoms with E-state index < -0.39 is 39.3 Å². The van der Waals surface area contributed by atoms with Crippen LogP contribution in [0.1, 0.15) is 83.7 Å². The van der Waals surface area contributed by atoms with Crippen LogP contribution in [0.4, 0.5) is 0 Å². The molecule has 0 bridgehead atoms. The Labute approximate surface area is 414 Å². The number of hydrazine groups is 1. The molecule has 2 aliphatic heterocycles. The Kier molecular flexibility index (Phi) is 19.3. The summed E-state index contributed by atoms with van der Waals surface area (Å²) in [6.07, 6.45) is 5.83. The molecule has 4 atom stereocenters. The molecule has 2 fully saturated rings. The zero-order valence-corrected chi connectivity index (χ0v) is 44.4. The number of likely N-dealkylation sites (N-methyl/N-ethyl adjacent to an activating group) is 1. The maximum atomic E-state index is 13.0. The van der Waals surface area contributed by atoms with Crippen LogP contribution >= 0.6 is 0 Å². The zero-order chi connectivity index (χ0) is 47.8. The van der Waals surface area contributed by atoms with Crippen LogP contribution in [0.15, 0.2) is 72.8 Å². The summed E-state index contributed by atoms with van der Waals surface area (Å²) in [6, 6.07) is 17.6. The number of nitrogens with one attached hydrogen (secondary N) is 2. The summed E-state index contributed by atoms with van der Waals surface area (Å²) in [6.45, 7) is 21.2. The van der Waals surface area contributed by atoms with Gasteiger partial charge in [-0.2, -0.15) is 28.9 Å². The number of nitrogens with zero attached hydrogens (tertiary/aromatic N) is 5. The minimum absolute atomic E-state index is 0. The molecule has 2 saturated heterocycles. The molecule has 2 aromatic carbocycles. The van der Waals surface area contributed by atoms with Crippen molar-refractivity contribution in [3.05, 3.63) is 102 Å². The predicted octanol–water partition coefficient (Wildman–Crippen LogP) is 7.27. The minimum Gasteiger partial charge on any atom is -0.666 e. The normalized spacial score (nSPS) is 17.6. The summed E-state index contributed by atoms with van der Waals surface area (Å²) in [5.74, 6) is -2.11. The largest absolute Gasteiger partial charge is 3.00 e. The number of benzene rings is 2. The van der Waals surface area contributed by atoms with E-state index in [4.69, 9.17) is 20.2 Å². The van der Waals surface area contributed by atoms with Crippen molar-refractivity contribution in [3.63, 3.8) is 0 Å². The van der Waals surface area contributed by atoms with Gasteiger partial charge in [0, 0.05) is 73.8 Å². The molecule has 0 aliphatic carbocycles. The zero-order valence-electron chi connectivity index (χ0n) is 39.4. The van der Waals surface area contributed by atoms with Crippen molar-refractivity contribution in [3.8, 4) is 22.4 Å². The van der Waals surface area contributed by atoms with Gasteiger partial charge >= 0.3 is 37.1 Å². The second-order valence-corrected chi connectivity index (χ2v) is 19.8. The molecular weight excluding hydrogens is 1080 g/mol. The average molecular weight is 1150 g/mol. The van der Waals surface area contributed by atoms with Crippen LogP contribution in [-0.4, -0.2) is 109 Å². The van der Waals surface area contributed by atoms with E-state index in [9.17, 15) is 27.6 Å². The van der Waals surface area contributed by atoms with Gasteiger partial charge in [0.1, 0.15) is 6.04 Å². The van der Waals surface area contributed by atoms with E-state index in [1.165, 1.54) is 26.8 Å². The smallest absolute Gasteiger partial charge is 0.666 e. The second kappa shape index (κ2) is 23.5. The third-order valence-electron chi connectivity index (χ3n) is 12.2.